The van der Waals surface area contributed by atoms with Crippen LogP contribution in [0.5, 0.6) is 0 Å². The van der Waals surface area contributed by atoms with E-state index in [1.807, 2.05) is 18.2 Å². The molecule has 2 aromatic rings. The van der Waals surface area contributed by atoms with E-state index >= 15 is 0 Å². The van der Waals surface area contributed by atoms with E-state index in [2.05, 4.69) is 37.2 Å². The first-order valence-corrected chi connectivity index (χ1v) is 6.81. The number of halogens is 2. The number of nitro benzene ring substituents is 1. The van der Waals surface area contributed by atoms with Gasteiger partial charge in [-0.2, -0.15) is 0 Å². The second kappa shape index (κ2) is 5.58. The van der Waals surface area contributed by atoms with Crippen molar-refractivity contribution >= 4 is 54.6 Å². The summed E-state index contributed by atoms with van der Waals surface area (Å²) in [6.45, 7) is 0. The number of hydrogen-bond donors (Lipinski definition) is 2. The highest BCUT2D eigenvalue weighted by atomic mass is 79.9. The minimum Gasteiger partial charge on any atom is -0.398 e. The number of nitrogen functional groups attached to an aromatic ring is 1. The van der Waals surface area contributed by atoms with Crippen LogP contribution in [-0.2, 0) is 0 Å². The van der Waals surface area contributed by atoms with E-state index in [0.29, 0.717) is 11.4 Å². The van der Waals surface area contributed by atoms with E-state index in [9.17, 15) is 10.1 Å². The van der Waals surface area contributed by atoms with Crippen LogP contribution in [0, 0.1) is 10.1 Å². The lowest BCUT2D eigenvalue weighted by Crippen LogP contribution is -1.96. The van der Waals surface area contributed by atoms with Gasteiger partial charge in [0.15, 0.2) is 0 Å². The summed E-state index contributed by atoms with van der Waals surface area (Å²) < 4.78 is 1.75. The van der Waals surface area contributed by atoms with Crippen molar-refractivity contribution in [3.8, 4) is 0 Å². The zero-order chi connectivity index (χ0) is 14.0. The molecule has 0 saturated carbocycles. The molecule has 0 spiro atoms. The summed E-state index contributed by atoms with van der Waals surface area (Å²) in [7, 11) is 0. The fraction of sp³-hybridized carbons (Fsp3) is 0. The van der Waals surface area contributed by atoms with Gasteiger partial charge in [-0.1, -0.05) is 15.9 Å². The largest absolute Gasteiger partial charge is 0.398 e. The van der Waals surface area contributed by atoms with Crippen LogP contribution in [0.1, 0.15) is 0 Å². The fourth-order valence-electron chi connectivity index (χ4n) is 1.56. The molecule has 0 amide bonds. The predicted molar refractivity (Wildman–Crippen MR) is 82.6 cm³/mol. The van der Waals surface area contributed by atoms with Crippen LogP contribution in [0.25, 0.3) is 0 Å². The molecule has 2 rings (SSSR count). The van der Waals surface area contributed by atoms with Crippen molar-refractivity contribution in [1.29, 1.82) is 0 Å². The second-order valence-electron chi connectivity index (χ2n) is 3.82. The first kappa shape index (κ1) is 13.8. The van der Waals surface area contributed by atoms with Crippen molar-refractivity contribution < 1.29 is 4.92 Å². The molecule has 0 aliphatic heterocycles. The standard InChI is InChI=1S/C12H9Br2N3O2/c13-7-1-2-11(14)12(3-7)16-9-4-8(15)5-10(6-9)17(18)19/h1-6,16H,15H2. The molecule has 2 aromatic carbocycles. The molecule has 0 fully saturated rings. The van der Waals surface area contributed by atoms with Gasteiger partial charge in [-0.15, -0.1) is 0 Å². The van der Waals surface area contributed by atoms with E-state index in [0.717, 1.165) is 14.6 Å². The quantitative estimate of drug-likeness (QED) is 0.464. The van der Waals surface area contributed by atoms with Gasteiger partial charge in [0.2, 0.25) is 0 Å². The maximum atomic E-state index is 10.8. The Labute approximate surface area is 126 Å². The highest BCUT2D eigenvalue weighted by Gasteiger charge is 2.09. The van der Waals surface area contributed by atoms with Gasteiger partial charge in [0.25, 0.3) is 5.69 Å². The number of anilines is 3. The molecule has 0 aliphatic carbocycles. The maximum absolute atomic E-state index is 10.8. The Morgan fingerprint density at radius 2 is 1.89 bits per heavy atom. The summed E-state index contributed by atoms with van der Waals surface area (Å²) in [6, 6.07) is 10.0. The van der Waals surface area contributed by atoms with Gasteiger partial charge in [0, 0.05) is 32.5 Å². The topological polar surface area (TPSA) is 81.2 Å². The Balaban J connectivity index is 2.38. The van der Waals surface area contributed by atoms with Gasteiger partial charge < -0.3 is 11.1 Å². The summed E-state index contributed by atoms with van der Waals surface area (Å²) in [5, 5.41) is 13.9. The summed E-state index contributed by atoms with van der Waals surface area (Å²) in [6.07, 6.45) is 0. The van der Waals surface area contributed by atoms with Gasteiger partial charge >= 0.3 is 0 Å². The van der Waals surface area contributed by atoms with Crippen molar-refractivity contribution in [3.63, 3.8) is 0 Å². The van der Waals surface area contributed by atoms with E-state index in [-0.39, 0.29) is 5.69 Å². The van der Waals surface area contributed by atoms with Gasteiger partial charge in [0.05, 0.1) is 10.6 Å². The van der Waals surface area contributed by atoms with Crippen molar-refractivity contribution in [2.24, 2.45) is 0 Å². The van der Waals surface area contributed by atoms with Crippen molar-refractivity contribution in [3.05, 3.63) is 55.5 Å². The predicted octanol–water partition coefficient (Wildman–Crippen LogP) is 4.45. The van der Waals surface area contributed by atoms with E-state index < -0.39 is 4.92 Å². The van der Waals surface area contributed by atoms with Gasteiger partial charge in [0.1, 0.15) is 0 Å². The van der Waals surface area contributed by atoms with Crippen LogP contribution >= 0.6 is 31.9 Å². The molecule has 98 valence electrons. The van der Waals surface area contributed by atoms with Crippen molar-refractivity contribution in [2.45, 2.75) is 0 Å². The Morgan fingerprint density at radius 1 is 1.16 bits per heavy atom. The number of hydrogen-bond acceptors (Lipinski definition) is 4. The van der Waals surface area contributed by atoms with Crippen LogP contribution in [0.4, 0.5) is 22.7 Å². The molecule has 0 aromatic heterocycles. The highest BCUT2D eigenvalue weighted by Crippen LogP contribution is 2.31. The fourth-order valence-corrected chi connectivity index (χ4v) is 2.27. The number of rotatable bonds is 3. The second-order valence-corrected chi connectivity index (χ2v) is 5.59. The number of nitro groups is 1. The zero-order valence-corrected chi connectivity index (χ0v) is 12.7. The summed E-state index contributed by atoms with van der Waals surface area (Å²) >= 11 is 6.77. The molecule has 0 aliphatic rings. The molecule has 7 heteroatoms. The van der Waals surface area contributed by atoms with Gasteiger partial charge in [-0.05, 0) is 40.2 Å². The lowest BCUT2D eigenvalue weighted by atomic mass is 10.2. The molecule has 0 heterocycles. The molecule has 3 N–H and O–H groups in total. The highest BCUT2D eigenvalue weighted by molar-refractivity contribution is 9.11. The van der Waals surface area contributed by atoms with Crippen molar-refractivity contribution in [1.82, 2.24) is 0 Å². The number of nitrogens with zero attached hydrogens (tertiary/aromatic N) is 1. The van der Waals surface area contributed by atoms with Crippen LogP contribution < -0.4 is 11.1 Å². The molecule has 0 atom stereocenters. The molecule has 5 nitrogen and oxygen atoms in total. The Kier molecular flexibility index (Phi) is 4.06. The molecular formula is C12H9Br2N3O2. The molecule has 19 heavy (non-hydrogen) atoms. The van der Waals surface area contributed by atoms with E-state index in [1.165, 1.54) is 12.1 Å². The molecule has 0 saturated heterocycles. The number of benzene rings is 2. The number of nitrogens with two attached hydrogens (primary N) is 1. The average Bonchev–Trinajstić information content (AvgIpc) is 2.33. The summed E-state index contributed by atoms with van der Waals surface area (Å²) in [4.78, 5) is 10.3. The third-order valence-corrected chi connectivity index (χ3v) is 3.54. The molecular weight excluding hydrogens is 378 g/mol. The third kappa shape index (κ3) is 3.45. The molecule has 0 radical (unpaired) electrons. The summed E-state index contributed by atoms with van der Waals surface area (Å²) in [5.74, 6) is 0. The maximum Gasteiger partial charge on any atom is 0.273 e. The Bertz CT molecular complexity index is 647. The first-order chi connectivity index (χ1) is 8.95. The first-order valence-electron chi connectivity index (χ1n) is 5.23. The number of non-ortho nitro benzene ring substituents is 1. The monoisotopic (exact) mass is 385 g/mol. The minimum absolute atomic E-state index is 0.0476. The molecule has 0 unspecified atom stereocenters. The summed E-state index contributed by atoms with van der Waals surface area (Å²) in [5.41, 5.74) is 7.29. The normalized spacial score (nSPS) is 10.2. The van der Waals surface area contributed by atoms with Gasteiger partial charge in [-0.3, -0.25) is 10.1 Å². The van der Waals surface area contributed by atoms with Gasteiger partial charge in [-0.25, -0.2) is 0 Å². The Hall–Kier alpha value is -1.60. The van der Waals surface area contributed by atoms with Crippen LogP contribution in [0.3, 0.4) is 0 Å². The lowest BCUT2D eigenvalue weighted by Gasteiger charge is -2.09. The smallest absolute Gasteiger partial charge is 0.273 e. The SMILES string of the molecule is Nc1cc(Nc2cc(Br)ccc2Br)cc([N+](=O)[O-])c1. The lowest BCUT2D eigenvalue weighted by molar-refractivity contribution is -0.384. The Morgan fingerprint density at radius 3 is 2.58 bits per heavy atom. The van der Waals surface area contributed by atoms with E-state index in [1.54, 1.807) is 6.07 Å². The third-order valence-electron chi connectivity index (χ3n) is 2.36. The van der Waals surface area contributed by atoms with Crippen LogP contribution in [0.2, 0.25) is 0 Å². The van der Waals surface area contributed by atoms with E-state index in [4.69, 9.17) is 5.73 Å². The number of nitrogens with one attached hydrogen (secondary N) is 1. The minimum atomic E-state index is -0.475. The van der Waals surface area contributed by atoms with Crippen molar-refractivity contribution in [2.75, 3.05) is 11.1 Å². The van der Waals surface area contributed by atoms with Crippen LogP contribution in [-0.4, -0.2) is 4.92 Å². The average molecular weight is 387 g/mol. The zero-order valence-electron chi connectivity index (χ0n) is 9.56. The van der Waals surface area contributed by atoms with Crippen LogP contribution in [0.15, 0.2) is 45.3 Å². The molecule has 0 bridgehead atoms.